The van der Waals surface area contributed by atoms with E-state index in [1.54, 1.807) is 49.4 Å². The Morgan fingerprint density at radius 3 is 2.16 bits per heavy atom. The molecule has 190 valence electrons. The lowest BCUT2D eigenvalue weighted by atomic mass is 9.95. The normalized spacial score (nSPS) is 12.1. The third-order valence-corrected chi connectivity index (χ3v) is 8.53. The van der Waals surface area contributed by atoms with E-state index in [9.17, 15) is 13.2 Å². The van der Waals surface area contributed by atoms with Crippen molar-refractivity contribution in [2.75, 3.05) is 10.8 Å². The summed E-state index contributed by atoms with van der Waals surface area (Å²) in [5.74, 6) is -0.438. The summed E-state index contributed by atoms with van der Waals surface area (Å²) in [5, 5.41) is 3.50. The molecule has 4 aromatic rings. The number of anilines is 1. The molecule has 1 atom stereocenters. The van der Waals surface area contributed by atoms with E-state index in [1.165, 1.54) is 0 Å². The van der Waals surface area contributed by atoms with Crippen molar-refractivity contribution in [3.05, 3.63) is 130 Å². The summed E-state index contributed by atoms with van der Waals surface area (Å²) in [6.07, 6.45) is 0. The van der Waals surface area contributed by atoms with E-state index in [0.717, 1.165) is 26.6 Å². The van der Waals surface area contributed by atoms with Crippen molar-refractivity contribution in [2.45, 2.75) is 31.7 Å². The predicted octanol–water partition coefficient (Wildman–Crippen LogP) is 6.37. The lowest BCUT2D eigenvalue weighted by molar-refractivity contribution is -0.120. The molecule has 0 aliphatic rings. The predicted molar refractivity (Wildman–Crippen MR) is 150 cm³/mol. The number of nitrogens with one attached hydrogen (secondary N) is 1. The van der Waals surface area contributed by atoms with Crippen LogP contribution in [-0.4, -0.2) is 20.9 Å². The minimum absolute atomic E-state index is 0.101. The molecule has 0 bridgehead atoms. The van der Waals surface area contributed by atoms with E-state index < -0.39 is 28.5 Å². The average molecular weight is 533 g/mol. The summed E-state index contributed by atoms with van der Waals surface area (Å²) in [7, 11) is -4.06. The second-order valence-electron chi connectivity index (χ2n) is 8.98. The number of aryl methyl sites for hydroxylation is 2. The van der Waals surface area contributed by atoms with E-state index in [-0.39, 0.29) is 4.90 Å². The van der Waals surface area contributed by atoms with Crippen LogP contribution < -0.4 is 9.62 Å². The molecule has 4 rings (SSSR count). The standard InChI is InChI=1S/C30H29ClN2O3S/c1-21-16-18-25(19-17-21)37(35,36)33(28-15-9-14-27(31)23(28)3)20-29(34)32-30(24-11-5-4-6-12-24)26-13-8-7-10-22(26)2/h4-19,30H,20H2,1-3H3,(H,32,34). The molecule has 0 spiro atoms. The zero-order chi connectivity index (χ0) is 26.6. The molecule has 0 heterocycles. The molecule has 0 saturated carbocycles. The Balaban J connectivity index is 1.73. The number of carbonyl (C=O) groups excluding carboxylic acids is 1. The topological polar surface area (TPSA) is 66.5 Å². The molecule has 1 unspecified atom stereocenters. The summed E-state index contributed by atoms with van der Waals surface area (Å²) < 4.78 is 28.8. The first-order valence-corrected chi connectivity index (χ1v) is 13.7. The Morgan fingerprint density at radius 2 is 1.49 bits per heavy atom. The van der Waals surface area contributed by atoms with Crippen LogP contribution in [0.3, 0.4) is 0 Å². The summed E-state index contributed by atoms with van der Waals surface area (Å²) >= 11 is 6.35. The maximum Gasteiger partial charge on any atom is 0.264 e. The number of carbonyl (C=O) groups is 1. The number of halogens is 1. The van der Waals surface area contributed by atoms with Gasteiger partial charge in [0.1, 0.15) is 6.54 Å². The van der Waals surface area contributed by atoms with Gasteiger partial charge in [-0.2, -0.15) is 0 Å². The molecule has 0 fully saturated rings. The fraction of sp³-hybridized carbons (Fsp3) is 0.167. The molecular weight excluding hydrogens is 504 g/mol. The highest BCUT2D eigenvalue weighted by atomic mass is 35.5. The SMILES string of the molecule is Cc1ccc(S(=O)(=O)N(CC(=O)NC(c2ccccc2)c2ccccc2C)c2cccc(Cl)c2C)cc1. The first kappa shape index (κ1) is 26.5. The van der Waals surface area contributed by atoms with E-state index in [4.69, 9.17) is 11.6 Å². The molecule has 5 nitrogen and oxygen atoms in total. The van der Waals surface area contributed by atoms with Crippen molar-refractivity contribution >= 4 is 33.2 Å². The number of sulfonamides is 1. The zero-order valence-electron chi connectivity index (χ0n) is 21.0. The summed E-state index contributed by atoms with van der Waals surface area (Å²) in [4.78, 5) is 13.7. The lowest BCUT2D eigenvalue weighted by Crippen LogP contribution is -2.42. The van der Waals surface area contributed by atoms with Gasteiger partial charge < -0.3 is 5.32 Å². The molecular formula is C30H29ClN2O3S. The molecule has 1 amide bonds. The molecule has 1 N–H and O–H groups in total. The van der Waals surface area contributed by atoms with Crippen LogP contribution >= 0.6 is 11.6 Å². The maximum absolute atomic E-state index is 13.8. The van der Waals surface area contributed by atoms with Gasteiger partial charge in [-0.1, -0.05) is 90.0 Å². The number of rotatable bonds is 8. The highest BCUT2D eigenvalue weighted by molar-refractivity contribution is 7.92. The smallest absolute Gasteiger partial charge is 0.264 e. The molecule has 7 heteroatoms. The van der Waals surface area contributed by atoms with Gasteiger partial charge in [-0.25, -0.2) is 8.42 Å². The van der Waals surface area contributed by atoms with Crippen LogP contribution in [0.15, 0.2) is 102 Å². The summed E-state index contributed by atoms with van der Waals surface area (Å²) in [5.41, 5.74) is 4.73. The van der Waals surface area contributed by atoms with Gasteiger partial charge >= 0.3 is 0 Å². The van der Waals surface area contributed by atoms with Gasteiger partial charge in [0.25, 0.3) is 10.0 Å². The van der Waals surface area contributed by atoms with Crippen LogP contribution in [0.4, 0.5) is 5.69 Å². The number of amides is 1. The lowest BCUT2D eigenvalue weighted by Gasteiger charge is -2.28. The van der Waals surface area contributed by atoms with Gasteiger partial charge in [-0.05, 0) is 67.3 Å². The summed E-state index contributed by atoms with van der Waals surface area (Å²) in [6.45, 7) is 5.21. The third kappa shape index (κ3) is 5.87. The summed E-state index contributed by atoms with van der Waals surface area (Å²) in [6, 6.07) is 28.6. The fourth-order valence-corrected chi connectivity index (χ4v) is 5.89. The van der Waals surface area contributed by atoms with E-state index >= 15 is 0 Å². The first-order valence-electron chi connectivity index (χ1n) is 11.9. The highest BCUT2D eigenvalue weighted by Gasteiger charge is 2.30. The second kappa shape index (κ2) is 11.2. The van der Waals surface area contributed by atoms with Crippen molar-refractivity contribution < 1.29 is 13.2 Å². The number of nitrogens with zero attached hydrogens (tertiary/aromatic N) is 1. The van der Waals surface area contributed by atoms with Gasteiger partial charge in [0.15, 0.2) is 0 Å². The minimum atomic E-state index is -4.06. The molecule has 0 aliphatic heterocycles. The Hall–Kier alpha value is -3.61. The quantitative estimate of drug-likeness (QED) is 0.287. The third-order valence-electron chi connectivity index (χ3n) is 6.34. The van der Waals surface area contributed by atoms with Crippen LogP contribution in [0.25, 0.3) is 0 Å². The molecule has 4 aromatic carbocycles. The maximum atomic E-state index is 13.8. The molecule has 37 heavy (non-hydrogen) atoms. The van der Waals surface area contributed by atoms with Crippen LogP contribution in [0.2, 0.25) is 5.02 Å². The fourth-order valence-electron chi connectivity index (χ4n) is 4.24. The van der Waals surface area contributed by atoms with Gasteiger partial charge in [-0.3, -0.25) is 9.10 Å². The monoisotopic (exact) mass is 532 g/mol. The number of hydrogen-bond acceptors (Lipinski definition) is 3. The number of benzene rings is 4. The van der Waals surface area contributed by atoms with Gasteiger partial charge in [0.05, 0.1) is 16.6 Å². The molecule has 0 aromatic heterocycles. The van der Waals surface area contributed by atoms with Gasteiger partial charge in [0.2, 0.25) is 5.91 Å². The minimum Gasteiger partial charge on any atom is -0.344 e. The van der Waals surface area contributed by atoms with Crippen molar-refractivity contribution in [2.24, 2.45) is 0 Å². The largest absolute Gasteiger partial charge is 0.344 e. The van der Waals surface area contributed by atoms with Crippen LogP contribution in [0.1, 0.15) is 33.9 Å². The Morgan fingerprint density at radius 1 is 0.838 bits per heavy atom. The Bertz CT molecular complexity index is 1500. The van der Waals surface area contributed by atoms with E-state index in [2.05, 4.69) is 5.32 Å². The average Bonchev–Trinajstić information content (AvgIpc) is 2.89. The molecule has 0 radical (unpaired) electrons. The highest BCUT2D eigenvalue weighted by Crippen LogP contribution is 2.31. The van der Waals surface area contributed by atoms with E-state index in [0.29, 0.717) is 16.3 Å². The molecule has 0 aliphatic carbocycles. The number of hydrogen-bond donors (Lipinski definition) is 1. The van der Waals surface area contributed by atoms with Crippen molar-refractivity contribution in [3.8, 4) is 0 Å². The Labute approximate surface area is 223 Å². The van der Waals surface area contributed by atoms with Crippen LogP contribution in [-0.2, 0) is 14.8 Å². The van der Waals surface area contributed by atoms with Gasteiger partial charge in [-0.15, -0.1) is 0 Å². The van der Waals surface area contributed by atoms with Crippen LogP contribution in [0, 0.1) is 20.8 Å². The van der Waals surface area contributed by atoms with Crippen molar-refractivity contribution in [3.63, 3.8) is 0 Å². The van der Waals surface area contributed by atoms with Crippen molar-refractivity contribution in [1.82, 2.24) is 5.32 Å². The second-order valence-corrected chi connectivity index (χ2v) is 11.2. The zero-order valence-corrected chi connectivity index (χ0v) is 22.6. The van der Waals surface area contributed by atoms with Gasteiger partial charge in [0, 0.05) is 5.02 Å². The molecule has 0 saturated heterocycles. The van der Waals surface area contributed by atoms with Crippen molar-refractivity contribution in [1.29, 1.82) is 0 Å². The first-order chi connectivity index (χ1) is 17.7. The van der Waals surface area contributed by atoms with E-state index in [1.807, 2.05) is 68.4 Å². The Kier molecular flexibility index (Phi) is 8.00. The van der Waals surface area contributed by atoms with Crippen LogP contribution in [0.5, 0.6) is 0 Å².